The van der Waals surface area contributed by atoms with E-state index in [0.29, 0.717) is 12.4 Å². The van der Waals surface area contributed by atoms with E-state index in [9.17, 15) is 39.2 Å². The molecule has 194 valence electrons. The lowest BCUT2D eigenvalue weighted by atomic mass is 9.89. The van der Waals surface area contributed by atoms with Crippen molar-refractivity contribution in [2.75, 3.05) is 25.8 Å². The molecule has 3 heterocycles. The monoisotopic (exact) mass is 538 g/mol. The SMILES string of the molecule is O=S(=O)(CF)/N=C/C1CN(C2=NO[C@](CF)(c3ncc(F)cc3-c3c(F)cccc3F)C2)CC1(F)F. The van der Waals surface area contributed by atoms with Gasteiger partial charge in [-0.25, -0.2) is 39.2 Å². The van der Waals surface area contributed by atoms with E-state index in [2.05, 4.69) is 14.5 Å². The Morgan fingerprint density at radius 2 is 1.89 bits per heavy atom. The number of hydrogen-bond acceptors (Lipinski definition) is 6. The largest absolute Gasteiger partial charge is 0.378 e. The summed E-state index contributed by atoms with van der Waals surface area (Å²) >= 11 is 0. The van der Waals surface area contributed by atoms with Gasteiger partial charge >= 0.3 is 0 Å². The molecule has 2 aromatic rings. The quantitative estimate of drug-likeness (QED) is 0.411. The molecule has 36 heavy (non-hydrogen) atoms. The van der Waals surface area contributed by atoms with Crippen molar-refractivity contribution in [3.05, 3.63) is 53.6 Å². The molecule has 0 aliphatic carbocycles. The van der Waals surface area contributed by atoms with Gasteiger partial charge in [-0.05, 0) is 18.2 Å². The minimum atomic E-state index is -4.55. The summed E-state index contributed by atoms with van der Waals surface area (Å²) in [5.41, 5.74) is -3.67. The number of benzene rings is 1. The van der Waals surface area contributed by atoms with Gasteiger partial charge in [-0.1, -0.05) is 11.2 Å². The summed E-state index contributed by atoms with van der Waals surface area (Å²) in [6.07, 6.45) is 0.584. The maximum Gasteiger partial charge on any atom is 0.282 e. The molecule has 2 aliphatic rings. The van der Waals surface area contributed by atoms with E-state index < -0.39 is 93.9 Å². The molecule has 2 aliphatic heterocycles. The molecule has 0 bridgehead atoms. The van der Waals surface area contributed by atoms with E-state index in [-0.39, 0.29) is 5.84 Å². The minimum absolute atomic E-state index is 0.192. The molecule has 0 radical (unpaired) electrons. The predicted octanol–water partition coefficient (Wildman–Crippen LogP) is 3.96. The van der Waals surface area contributed by atoms with Gasteiger partial charge in [0.05, 0.1) is 36.3 Å². The summed E-state index contributed by atoms with van der Waals surface area (Å²) < 4.78 is 124. The highest BCUT2D eigenvalue weighted by atomic mass is 32.2. The third-order valence-electron chi connectivity index (χ3n) is 5.77. The second-order valence-electron chi connectivity index (χ2n) is 8.24. The zero-order valence-corrected chi connectivity index (χ0v) is 19.0. The number of nitrogens with zero attached hydrogens (tertiary/aromatic N) is 4. The Morgan fingerprint density at radius 1 is 1.19 bits per heavy atom. The molecule has 2 atom stereocenters. The van der Waals surface area contributed by atoms with Crippen molar-refractivity contribution in [3.63, 3.8) is 0 Å². The molecule has 1 saturated heterocycles. The zero-order chi connectivity index (χ0) is 26.3. The lowest BCUT2D eigenvalue weighted by molar-refractivity contribution is -0.0435. The fourth-order valence-electron chi connectivity index (χ4n) is 3.99. The highest BCUT2D eigenvalue weighted by molar-refractivity contribution is 7.90. The minimum Gasteiger partial charge on any atom is -0.378 e. The zero-order valence-electron chi connectivity index (χ0n) is 18.1. The lowest BCUT2D eigenvalue weighted by Crippen LogP contribution is -2.36. The Bertz CT molecular complexity index is 1320. The summed E-state index contributed by atoms with van der Waals surface area (Å²) in [5.74, 6) is -8.58. The van der Waals surface area contributed by atoms with E-state index in [0.717, 1.165) is 29.2 Å². The number of alkyl halides is 4. The van der Waals surface area contributed by atoms with Crippen molar-refractivity contribution in [2.24, 2.45) is 15.5 Å². The lowest BCUT2D eigenvalue weighted by Gasteiger charge is -2.26. The summed E-state index contributed by atoms with van der Waals surface area (Å²) in [6, 6.07) is 1.77. The van der Waals surface area contributed by atoms with Crippen molar-refractivity contribution in [1.82, 2.24) is 9.88 Å². The van der Waals surface area contributed by atoms with Gasteiger partial charge in [0.1, 0.15) is 30.0 Å². The number of rotatable bonds is 6. The first kappa shape index (κ1) is 25.9. The number of aromatic nitrogens is 1. The van der Waals surface area contributed by atoms with Crippen LogP contribution in [0.3, 0.4) is 0 Å². The van der Waals surface area contributed by atoms with Crippen LogP contribution in [-0.4, -0.2) is 62.0 Å². The van der Waals surface area contributed by atoms with Crippen molar-refractivity contribution < 1.29 is 44.0 Å². The summed E-state index contributed by atoms with van der Waals surface area (Å²) in [7, 11) is -4.55. The van der Waals surface area contributed by atoms with E-state index >= 15 is 0 Å². The highest BCUT2D eigenvalue weighted by Gasteiger charge is 2.52. The molecule has 7 nitrogen and oxygen atoms in total. The first-order valence-electron chi connectivity index (χ1n) is 10.3. The number of likely N-dealkylation sites (tertiary alicyclic amines) is 1. The van der Waals surface area contributed by atoms with Gasteiger partial charge < -0.3 is 9.74 Å². The summed E-state index contributed by atoms with van der Waals surface area (Å²) in [4.78, 5) is 10.0. The van der Waals surface area contributed by atoms with E-state index in [1.54, 1.807) is 0 Å². The van der Waals surface area contributed by atoms with Gasteiger partial charge in [0.2, 0.25) is 11.6 Å². The van der Waals surface area contributed by atoms with Gasteiger partial charge in [-0.2, -0.15) is 4.40 Å². The Kier molecular flexibility index (Phi) is 6.70. The fourth-order valence-corrected chi connectivity index (χ4v) is 4.38. The van der Waals surface area contributed by atoms with E-state index in [1.807, 2.05) is 0 Å². The maximum absolute atomic E-state index is 14.5. The molecular weight excluding hydrogens is 521 g/mol. The number of pyridine rings is 1. The van der Waals surface area contributed by atoms with Crippen molar-refractivity contribution in [1.29, 1.82) is 0 Å². The topological polar surface area (TPSA) is 84.2 Å². The highest BCUT2D eigenvalue weighted by Crippen LogP contribution is 2.43. The second kappa shape index (κ2) is 9.33. The van der Waals surface area contributed by atoms with Gasteiger partial charge in [0.25, 0.3) is 15.9 Å². The van der Waals surface area contributed by atoms with Crippen LogP contribution >= 0.6 is 0 Å². The van der Waals surface area contributed by atoms with Crippen LogP contribution in [0.25, 0.3) is 11.1 Å². The maximum atomic E-state index is 14.5. The van der Waals surface area contributed by atoms with Crippen LogP contribution in [0.1, 0.15) is 12.1 Å². The van der Waals surface area contributed by atoms with Crippen molar-refractivity contribution in [2.45, 2.75) is 17.9 Å². The van der Waals surface area contributed by atoms with Crippen LogP contribution in [0, 0.1) is 23.4 Å². The Labute approximate surface area is 200 Å². The van der Waals surface area contributed by atoms with Crippen LogP contribution in [0.2, 0.25) is 0 Å². The second-order valence-corrected chi connectivity index (χ2v) is 9.84. The molecule has 0 amide bonds. The molecule has 4 rings (SSSR count). The normalized spacial score (nSPS) is 23.8. The Balaban J connectivity index is 1.65. The van der Waals surface area contributed by atoms with Crippen LogP contribution in [0.4, 0.5) is 30.7 Å². The first-order chi connectivity index (χ1) is 16.9. The van der Waals surface area contributed by atoms with Crippen LogP contribution in [0.5, 0.6) is 0 Å². The van der Waals surface area contributed by atoms with Crippen molar-refractivity contribution >= 4 is 22.1 Å². The van der Waals surface area contributed by atoms with Gasteiger partial charge in [0.15, 0.2) is 0 Å². The first-order valence-corrected chi connectivity index (χ1v) is 11.9. The molecule has 0 spiro atoms. The fraction of sp³-hybridized carbons (Fsp3) is 0.381. The summed E-state index contributed by atoms with van der Waals surface area (Å²) in [6.45, 7) is -2.87. The van der Waals surface area contributed by atoms with E-state index in [4.69, 9.17) is 4.84 Å². The molecule has 1 aromatic carbocycles. The van der Waals surface area contributed by atoms with Gasteiger partial charge in [-0.3, -0.25) is 4.98 Å². The van der Waals surface area contributed by atoms with Gasteiger partial charge in [-0.15, -0.1) is 0 Å². The molecule has 1 fully saturated rings. The molecule has 15 heteroatoms. The molecule has 1 unspecified atom stereocenters. The third-order valence-corrected chi connectivity index (χ3v) is 6.49. The molecular formula is C21H17F7N4O3S. The smallest absolute Gasteiger partial charge is 0.282 e. The average Bonchev–Trinajstić information content (AvgIpc) is 3.39. The number of halogens is 7. The number of oxime groups is 1. The molecule has 0 saturated carbocycles. The molecule has 1 aromatic heterocycles. The summed E-state index contributed by atoms with van der Waals surface area (Å²) in [5, 5.41) is 3.67. The Morgan fingerprint density at radius 3 is 2.53 bits per heavy atom. The predicted molar refractivity (Wildman–Crippen MR) is 114 cm³/mol. The number of amidine groups is 1. The van der Waals surface area contributed by atoms with Gasteiger partial charge in [0, 0.05) is 18.3 Å². The molecule has 0 N–H and O–H groups in total. The third kappa shape index (κ3) is 4.75. The van der Waals surface area contributed by atoms with Crippen LogP contribution in [-0.2, 0) is 20.5 Å². The number of sulfonamides is 1. The average molecular weight is 538 g/mol. The van der Waals surface area contributed by atoms with Crippen molar-refractivity contribution in [3.8, 4) is 11.1 Å². The standard InChI is InChI=1S/C21H17F7N4O3S/c22-9-20(19-14(4-13(24)7-29-19)18-15(25)2-1-3-16(18)26)5-17(31-35-20)32-8-12(21(27,28)10-32)6-30-36(33,34)11-23/h1-4,6-7,12H,5,8-11H2/b30-6+/t12?,20-/m1/s1. The van der Waals surface area contributed by atoms with Crippen LogP contribution < -0.4 is 0 Å². The van der Waals surface area contributed by atoms with E-state index in [1.165, 1.54) is 0 Å². The Hall–Kier alpha value is -3.23. The van der Waals surface area contributed by atoms with Crippen LogP contribution in [0.15, 0.2) is 40.0 Å². The number of hydrogen-bond donors (Lipinski definition) is 0.